The van der Waals surface area contributed by atoms with Crippen LogP contribution in [0, 0.1) is 6.92 Å². The molecule has 34 heavy (non-hydrogen) atoms. The molecule has 0 N–H and O–H groups in total. The normalized spacial score (nSPS) is 16.9. The summed E-state index contributed by atoms with van der Waals surface area (Å²) in [4.78, 5) is 19.4. The second-order valence-electron chi connectivity index (χ2n) is 8.71. The Morgan fingerprint density at radius 3 is 2.62 bits per heavy atom. The second kappa shape index (κ2) is 7.33. The van der Waals surface area contributed by atoms with Crippen LogP contribution in [0.2, 0.25) is 0 Å². The van der Waals surface area contributed by atoms with Gasteiger partial charge >= 0.3 is 6.18 Å². The van der Waals surface area contributed by atoms with Gasteiger partial charge in [0.25, 0.3) is 5.91 Å². The first kappa shape index (κ1) is 21.2. The molecule has 0 saturated carbocycles. The number of likely N-dealkylation sites (tertiary alicyclic amines) is 1. The van der Waals surface area contributed by atoms with E-state index in [9.17, 15) is 18.0 Å². The molecular formula is C25H20F3N3O2S. The number of aromatic nitrogens is 2. The summed E-state index contributed by atoms with van der Waals surface area (Å²) in [7, 11) is 0. The van der Waals surface area contributed by atoms with E-state index in [4.69, 9.17) is 4.74 Å². The van der Waals surface area contributed by atoms with E-state index in [0.717, 1.165) is 21.3 Å². The lowest BCUT2D eigenvalue weighted by atomic mass is 9.86. The number of carbonyl (C=O) groups excluding carboxylic acids is 1. The van der Waals surface area contributed by atoms with Gasteiger partial charge in [-0.2, -0.15) is 13.2 Å². The molecular weight excluding hydrogens is 463 g/mol. The minimum atomic E-state index is -4.49. The zero-order chi connectivity index (χ0) is 23.7. The van der Waals surface area contributed by atoms with Gasteiger partial charge in [0, 0.05) is 31.5 Å². The number of halogens is 3. The standard InChI is InChI=1S/C25H20F3N3O2S/c1-15-29-17-7-6-16(14-20(17)34-15)23(32)30-12-10-24(11-13-30)21-8-9-22(25(26,27)28)31(21)18-4-2-3-5-19(18)33-24/h2-9,14H,10-13H2,1H3. The van der Waals surface area contributed by atoms with Crippen molar-refractivity contribution in [2.75, 3.05) is 13.1 Å². The molecule has 2 aliphatic rings. The first-order chi connectivity index (χ1) is 16.2. The summed E-state index contributed by atoms with van der Waals surface area (Å²) in [6.07, 6.45) is -3.69. The Kier molecular flexibility index (Phi) is 4.58. The number of amides is 1. The molecule has 174 valence electrons. The molecule has 0 atom stereocenters. The van der Waals surface area contributed by atoms with Crippen molar-refractivity contribution in [2.45, 2.75) is 31.5 Å². The zero-order valence-corrected chi connectivity index (χ0v) is 19.0. The van der Waals surface area contributed by atoms with Gasteiger partial charge in [0.2, 0.25) is 0 Å². The van der Waals surface area contributed by atoms with Crippen molar-refractivity contribution < 1.29 is 22.7 Å². The monoisotopic (exact) mass is 483 g/mol. The van der Waals surface area contributed by atoms with Crippen molar-refractivity contribution in [2.24, 2.45) is 0 Å². The minimum Gasteiger partial charge on any atom is -0.479 e. The fourth-order valence-electron chi connectivity index (χ4n) is 5.05. The lowest BCUT2D eigenvalue weighted by Crippen LogP contribution is -2.50. The number of carbonyl (C=O) groups is 1. The number of nitrogens with zero attached hydrogens (tertiary/aromatic N) is 3. The van der Waals surface area contributed by atoms with Gasteiger partial charge in [-0.1, -0.05) is 12.1 Å². The molecule has 4 heterocycles. The van der Waals surface area contributed by atoms with E-state index in [0.29, 0.717) is 48.6 Å². The largest absolute Gasteiger partial charge is 0.479 e. The van der Waals surface area contributed by atoms with E-state index < -0.39 is 17.5 Å². The molecule has 0 unspecified atom stereocenters. The van der Waals surface area contributed by atoms with Crippen LogP contribution in [0.25, 0.3) is 15.9 Å². The Bertz CT molecular complexity index is 1430. The average Bonchev–Trinajstić information content (AvgIpc) is 3.43. The quantitative estimate of drug-likeness (QED) is 0.337. The van der Waals surface area contributed by atoms with E-state index in [2.05, 4.69) is 4.98 Å². The highest BCUT2D eigenvalue weighted by molar-refractivity contribution is 7.18. The molecule has 5 nitrogen and oxygen atoms in total. The van der Waals surface area contributed by atoms with Crippen LogP contribution in [-0.2, 0) is 11.8 Å². The molecule has 0 radical (unpaired) electrons. The van der Waals surface area contributed by atoms with Gasteiger partial charge in [-0.15, -0.1) is 11.3 Å². The third kappa shape index (κ3) is 3.21. The molecule has 1 amide bonds. The smallest absolute Gasteiger partial charge is 0.431 e. The first-order valence-corrected chi connectivity index (χ1v) is 11.8. The molecule has 0 aliphatic carbocycles. The highest BCUT2D eigenvalue weighted by Crippen LogP contribution is 2.48. The molecule has 0 bridgehead atoms. The van der Waals surface area contributed by atoms with Gasteiger partial charge in [-0.25, -0.2) is 4.98 Å². The van der Waals surface area contributed by atoms with Crippen LogP contribution >= 0.6 is 11.3 Å². The van der Waals surface area contributed by atoms with Crippen LogP contribution in [-0.4, -0.2) is 33.4 Å². The van der Waals surface area contributed by atoms with Gasteiger partial charge in [-0.05, 0) is 49.4 Å². The summed E-state index contributed by atoms with van der Waals surface area (Å²) in [5, 5.41) is 0.940. The maximum Gasteiger partial charge on any atom is 0.431 e. The van der Waals surface area contributed by atoms with E-state index in [1.165, 1.54) is 10.6 Å². The van der Waals surface area contributed by atoms with Gasteiger partial charge in [0.15, 0.2) is 5.60 Å². The number of rotatable bonds is 1. The topological polar surface area (TPSA) is 47.4 Å². The SMILES string of the molecule is Cc1nc2ccc(C(=O)N3CCC4(CC3)Oc3ccccc3-n3c(C(F)(F)F)ccc34)cc2s1. The Labute approximate surface area is 197 Å². The van der Waals surface area contributed by atoms with Crippen molar-refractivity contribution in [3.05, 3.63) is 76.6 Å². The molecule has 9 heteroatoms. The predicted octanol–water partition coefficient (Wildman–Crippen LogP) is 5.94. The maximum absolute atomic E-state index is 13.8. The molecule has 1 spiro atoms. The highest BCUT2D eigenvalue weighted by atomic mass is 32.1. The summed E-state index contributed by atoms with van der Waals surface area (Å²) >= 11 is 1.54. The van der Waals surface area contributed by atoms with Gasteiger partial charge < -0.3 is 14.2 Å². The van der Waals surface area contributed by atoms with Crippen LogP contribution in [0.5, 0.6) is 5.75 Å². The molecule has 1 fully saturated rings. The highest BCUT2D eigenvalue weighted by Gasteiger charge is 2.48. The number of benzene rings is 2. The molecule has 2 aliphatic heterocycles. The van der Waals surface area contributed by atoms with Gasteiger partial charge in [0.05, 0.1) is 26.6 Å². The minimum absolute atomic E-state index is 0.0922. The van der Waals surface area contributed by atoms with Crippen LogP contribution in [0.1, 0.15) is 39.6 Å². The summed E-state index contributed by atoms with van der Waals surface area (Å²) in [6.45, 7) is 2.69. The molecule has 2 aromatic heterocycles. The molecule has 4 aromatic rings. The van der Waals surface area contributed by atoms with Crippen molar-refractivity contribution in [1.82, 2.24) is 14.5 Å². The zero-order valence-electron chi connectivity index (χ0n) is 18.2. The molecule has 6 rings (SSSR count). The van der Waals surface area contributed by atoms with Crippen LogP contribution < -0.4 is 4.74 Å². The van der Waals surface area contributed by atoms with Crippen molar-refractivity contribution in [3.63, 3.8) is 0 Å². The number of fused-ring (bicyclic) bond motifs is 5. The first-order valence-electron chi connectivity index (χ1n) is 11.0. The number of thiazole rings is 1. The van der Waals surface area contributed by atoms with Crippen molar-refractivity contribution in [1.29, 1.82) is 0 Å². The lowest BCUT2D eigenvalue weighted by molar-refractivity contribution is -0.143. The van der Waals surface area contributed by atoms with Crippen LogP contribution in [0.15, 0.2) is 54.6 Å². The average molecular weight is 484 g/mol. The van der Waals surface area contributed by atoms with Crippen LogP contribution in [0.4, 0.5) is 13.2 Å². The van der Waals surface area contributed by atoms with E-state index in [1.807, 2.05) is 19.1 Å². The van der Waals surface area contributed by atoms with Gasteiger partial charge in [0.1, 0.15) is 11.4 Å². The second-order valence-corrected chi connectivity index (χ2v) is 9.94. The Hall–Kier alpha value is -3.33. The number of piperidine rings is 1. The number of aryl methyl sites for hydroxylation is 1. The van der Waals surface area contributed by atoms with E-state index in [-0.39, 0.29) is 5.91 Å². The van der Waals surface area contributed by atoms with E-state index >= 15 is 0 Å². The number of alkyl halides is 3. The molecule has 2 aromatic carbocycles. The Balaban J connectivity index is 1.31. The number of hydrogen-bond donors (Lipinski definition) is 0. The summed E-state index contributed by atoms with van der Waals surface area (Å²) in [6, 6.07) is 14.9. The van der Waals surface area contributed by atoms with Crippen molar-refractivity contribution >= 4 is 27.5 Å². The molecule has 1 saturated heterocycles. The van der Waals surface area contributed by atoms with Crippen LogP contribution in [0.3, 0.4) is 0 Å². The fourth-order valence-corrected chi connectivity index (χ4v) is 5.92. The third-order valence-corrected chi connectivity index (χ3v) is 7.58. The Morgan fingerprint density at radius 1 is 1.09 bits per heavy atom. The maximum atomic E-state index is 13.8. The number of para-hydroxylation sites is 2. The van der Waals surface area contributed by atoms with Gasteiger partial charge in [-0.3, -0.25) is 4.79 Å². The fraction of sp³-hybridized carbons (Fsp3) is 0.280. The lowest BCUT2D eigenvalue weighted by Gasteiger charge is -2.45. The summed E-state index contributed by atoms with van der Waals surface area (Å²) in [5.74, 6) is 0.327. The summed E-state index contributed by atoms with van der Waals surface area (Å²) in [5.41, 5.74) is 0.674. The summed E-state index contributed by atoms with van der Waals surface area (Å²) < 4.78 is 50.0. The number of hydrogen-bond acceptors (Lipinski definition) is 4. The van der Waals surface area contributed by atoms with Crippen molar-refractivity contribution in [3.8, 4) is 11.4 Å². The third-order valence-electron chi connectivity index (χ3n) is 6.65. The van der Waals surface area contributed by atoms with E-state index in [1.54, 1.807) is 46.6 Å². The number of ether oxygens (including phenoxy) is 1. The Morgan fingerprint density at radius 2 is 1.85 bits per heavy atom. The predicted molar refractivity (Wildman–Crippen MR) is 123 cm³/mol.